The van der Waals surface area contributed by atoms with Gasteiger partial charge in [-0.2, -0.15) is 5.26 Å². The first-order chi connectivity index (χ1) is 8.09. The Morgan fingerprint density at radius 3 is 2.82 bits per heavy atom. The molecule has 0 spiro atoms. The lowest BCUT2D eigenvalue weighted by atomic mass is 9.88. The van der Waals surface area contributed by atoms with Gasteiger partial charge in [0.1, 0.15) is 5.54 Å². The van der Waals surface area contributed by atoms with Crippen LogP contribution >= 0.6 is 0 Å². The van der Waals surface area contributed by atoms with Gasteiger partial charge in [0.25, 0.3) is 0 Å². The van der Waals surface area contributed by atoms with Gasteiger partial charge in [0.05, 0.1) is 12.2 Å². The first-order valence-electron chi connectivity index (χ1n) is 6.91. The maximum atomic E-state index is 8.95. The van der Waals surface area contributed by atoms with E-state index in [4.69, 9.17) is 15.7 Å². The molecule has 0 amide bonds. The van der Waals surface area contributed by atoms with E-state index in [1.165, 1.54) is 25.7 Å². The summed E-state index contributed by atoms with van der Waals surface area (Å²) in [5.74, 6) is 0.803. The second kappa shape index (κ2) is 6.98. The number of hydrogen-bond donors (Lipinski definition) is 1. The fourth-order valence-electron chi connectivity index (χ4n) is 2.48. The molecule has 3 unspecified atom stereocenters. The van der Waals surface area contributed by atoms with Gasteiger partial charge in [-0.15, -0.1) is 0 Å². The van der Waals surface area contributed by atoms with Crippen LogP contribution in [0.2, 0.25) is 0 Å². The number of nitrogens with zero attached hydrogens (tertiary/aromatic N) is 1. The minimum absolute atomic E-state index is 0.439. The summed E-state index contributed by atoms with van der Waals surface area (Å²) < 4.78 is 5.87. The number of nitriles is 1. The third-order valence-corrected chi connectivity index (χ3v) is 3.86. The van der Waals surface area contributed by atoms with Crippen LogP contribution in [-0.2, 0) is 4.74 Å². The second-order valence-corrected chi connectivity index (χ2v) is 5.49. The summed E-state index contributed by atoms with van der Waals surface area (Å²) in [5, 5.41) is 8.95. The van der Waals surface area contributed by atoms with Crippen molar-refractivity contribution in [2.24, 2.45) is 11.7 Å². The molecule has 1 saturated carbocycles. The molecule has 1 fully saturated rings. The molecular formula is C14H26N2O. The van der Waals surface area contributed by atoms with Crippen molar-refractivity contribution >= 4 is 0 Å². The first kappa shape index (κ1) is 14.5. The predicted molar refractivity (Wildman–Crippen MR) is 69.4 cm³/mol. The Kier molecular flexibility index (Phi) is 5.94. The van der Waals surface area contributed by atoms with Crippen molar-refractivity contribution < 1.29 is 4.74 Å². The molecule has 0 radical (unpaired) electrons. The predicted octanol–water partition coefficient (Wildman–Crippen LogP) is 2.99. The summed E-state index contributed by atoms with van der Waals surface area (Å²) in [6.45, 7) is 5.01. The number of rotatable bonds is 6. The van der Waals surface area contributed by atoms with Crippen LogP contribution in [-0.4, -0.2) is 18.2 Å². The summed E-state index contributed by atoms with van der Waals surface area (Å²) in [6.07, 6.45) is 7.81. The molecule has 1 rings (SSSR count). The fraction of sp³-hybridized carbons (Fsp3) is 0.929. The molecule has 2 N–H and O–H groups in total. The van der Waals surface area contributed by atoms with Crippen LogP contribution in [0.5, 0.6) is 0 Å². The molecule has 0 aromatic carbocycles. The summed E-state index contributed by atoms with van der Waals surface area (Å²) in [5.41, 5.74) is 5.27. The molecule has 3 atom stereocenters. The number of nitrogens with two attached hydrogens (primary N) is 1. The molecule has 0 heterocycles. The van der Waals surface area contributed by atoms with E-state index in [1.807, 2.05) is 6.92 Å². The average molecular weight is 238 g/mol. The van der Waals surface area contributed by atoms with E-state index in [0.29, 0.717) is 12.5 Å². The average Bonchev–Trinajstić information content (AvgIpc) is 2.34. The van der Waals surface area contributed by atoms with Gasteiger partial charge in [0, 0.05) is 6.61 Å². The van der Waals surface area contributed by atoms with Gasteiger partial charge in [-0.05, 0) is 38.0 Å². The van der Waals surface area contributed by atoms with E-state index in [0.717, 1.165) is 25.4 Å². The Hall–Kier alpha value is -0.590. The summed E-state index contributed by atoms with van der Waals surface area (Å²) >= 11 is 0. The van der Waals surface area contributed by atoms with Crippen LogP contribution in [0.1, 0.15) is 58.8 Å². The van der Waals surface area contributed by atoms with Crippen LogP contribution in [0.3, 0.4) is 0 Å². The van der Waals surface area contributed by atoms with Crippen molar-refractivity contribution in [3.05, 3.63) is 0 Å². The highest BCUT2D eigenvalue weighted by molar-refractivity contribution is 5.03. The largest absolute Gasteiger partial charge is 0.378 e. The fourth-order valence-corrected chi connectivity index (χ4v) is 2.48. The monoisotopic (exact) mass is 238 g/mol. The van der Waals surface area contributed by atoms with Gasteiger partial charge < -0.3 is 10.5 Å². The quantitative estimate of drug-likeness (QED) is 0.724. The zero-order valence-corrected chi connectivity index (χ0v) is 11.2. The molecule has 3 nitrogen and oxygen atoms in total. The van der Waals surface area contributed by atoms with Crippen LogP contribution < -0.4 is 5.73 Å². The Balaban J connectivity index is 2.14. The summed E-state index contributed by atoms with van der Waals surface area (Å²) in [4.78, 5) is 0. The molecule has 0 aromatic heterocycles. The van der Waals surface area contributed by atoms with Crippen LogP contribution in [0.4, 0.5) is 0 Å². The van der Waals surface area contributed by atoms with Gasteiger partial charge in [0.15, 0.2) is 0 Å². The van der Waals surface area contributed by atoms with E-state index in [1.54, 1.807) is 0 Å². The van der Waals surface area contributed by atoms with Crippen molar-refractivity contribution in [3.8, 4) is 6.07 Å². The SMILES string of the molecule is CCC(N)(C#N)CCCOC1CCCC(C)C1. The van der Waals surface area contributed by atoms with Gasteiger partial charge >= 0.3 is 0 Å². The highest BCUT2D eigenvalue weighted by Crippen LogP contribution is 2.26. The number of hydrogen-bond acceptors (Lipinski definition) is 3. The first-order valence-corrected chi connectivity index (χ1v) is 6.91. The normalized spacial score (nSPS) is 28.4. The Labute approximate surface area is 105 Å². The van der Waals surface area contributed by atoms with Gasteiger partial charge in [-0.3, -0.25) is 0 Å². The standard InChI is InChI=1S/C14H26N2O/c1-3-14(16,11-15)8-5-9-17-13-7-4-6-12(2)10-13/h12-13H,3-10,16H2,1-2H3. The van der Waals surface area contributed by atoms with Crippen molar-refractivity contribution in [2.75, 3.05) is 6.61 Å². The van der Waals surface area contributed by atoms with Crippen molar-refractivity contribution in [3.63, 3.8) is 0 Å². The van der Waals surface area contributed by atoms with E-state index >= 15 is 0 Å². The maximum absolute atomic E-state index is 8.95. The highest BCUT2D eigenvalue weighted by atomic mass is 16.5. The van der Waals surface area contributed by atoms with Gasteiger partial charge in [-0.25, -0.2) is 0 Å². The zero-order valence-electron chi connectivity index (χ0n) is 11.2. The Bertz CT molecular complexity index is 261. The smallest absolute Gasteiger partial charge is 0.104 e. The van der Waals surface area contributed by atoms with E-state index in [9.17, 15) is 0 Å². The summed E-state index contributed by atoms with van der Waals surface area (Å²) in [6, 6.07) is 2.20. The molecule has 17 heavy (non-hydrogen) atoms. The van der Waals surface area contributed by atoms with E-state index < -0.39 is 5.54 Å². The van der Waals surface area contributed by atoms with Crippen molar-refractivity contribution in [1.82, 2.24) is 0 Å². The van der Waals surface area contributed by atoms with Crippen LogP contribution in [0.25, 0.3) is 0 Å². The molecule has 1 aliphatic rings. The molecule has 0 bridgehead atoms. The van der Waals surface area contributed by atoms with E-state index in [-0.39, 0.29) is 0 Å². The molecular weight excluding hydrogens is 212 g/mol. The van der Waals surface area contributed by atoms with Crippen LogP contribution in [0, 0.1) is 17.2 Å². The van der Waals surface area contributed by atoms with E-state index in [2.05, 4.69) is 13.0 Å². The van der Waals surface area contributed by atoms with Crippen molar-refractivity contribution in [2.45, 2.75) is 70.4 Å². The molecule has 3 heteroatoms. The Morgan fingerprint density at radius 1 is 1.47 bits per heavy atom. The molecule has 98 valence electrons. The molecule has 0 aromatic rings. The van der Waals surface area contributed by atoms with Crippen molar-refractivity contribution in [1.29, 1.82) is 5.26 Å². The zero-order chi connectivity index (χ0) is 12.7. The van der Waals surface area contributed by atoms with Crippen LogP contribution in [0.15, 0.2) is 0 Å². The number of ether oxygens (including phenoxy) is 1. The third kappa shape index (κ3) is 5.06. The topological polar surface area (TPSA) is 59.0 Å². The second-order valence-electron chi connectivity index (χ2n) is 5.49. The summed E-state index contributed by atoms with van der Waals surface area (Å²) in [7, 11) is 0. The minimum atomic E-state index is -0.650. The lowest BCUT2D eigenvalue weighted by molar-refractivity contribution is 0.0126. The molecule has 0 saturated heterocycles. The van der Waals surface area contributed by atoms with Gasteiger partial charge in [-0.1, -0.05) is 26.7 Å². The lowest BCUT2D eigenvalue weighted by Crippen LogP contribution is -2.37. The molecule has 1 aliphatic carbocycles. The lowest BCUT2D eigenvalue weighted by Gasteiger charge is -2.27. The third-order valence-electron chi connectivity index (χ3n) is 3.86. The Morgan fingerprint density at radius 2 is 2.24 bits per heavy atom. The highest BCUT2D eigenvalue weighted by Gasteiger charge is 2.22. The van der Waals surface area contributed by atoms with Gasteiger partial charge in [0.2, 0.25) is 0 Å². The molecule has 0 aliphatic heterocycles. The maximum Gasteiger partial charge on any atom is 0.104 e. The minimum Gasteiger partial charge on any atom is -0.378 e.